The van der Waals surface area contributed by atoms with Crippen LogP contribution in [0.1, 0.15) is 311 Å². The van der Waals surface area contributed by atoms with Crippen LogP contribution < -0.4 is 0 Å². The van der Waals surface area contributed by atoms with Crippen LogP contribution in [0.2, 0.25) is 0 Å². The van der Waals surface area contributed by atoms with Gasteiger partial charge in [0.05, 0.1) is 0 Å². The highest BCUT2D eigenvalue weighted by molar-refractivity contribution is 5.71. The van der Waals surface area contributed by atoms with Crippen LogP contribution in [0, 0.1) is 17.8 Å². The number of hydrogen-bond donors (Lipinski definition) is 0. The molecular weight excluding hydrogens is 781 g/mol. The third-order valence-corrected chi connectivity index (χ3v) is 13.3. The van der Waals surface area contributed by atoms with Gasteiger partial charge < -0.3 is 14.2 Å². The second-order valence-electron chi connectivity index (χ2n) is 20.8. The molecule has 0 spiro atoms. The summed E-state index contributed by atoms with van der Waals surface area (Å²) < 4.78 is 16.9. The summed E-state index contributed by atoms with van der Waals surface area (Å²) in [6, 6.07) is 0. The fourth-order valence-electron chi connectivity index (χ4n) is 8.61. The number of carbonyl (C=O) groups is 3. The highest BCUT2D eigenvalue weighted by Gasteiger charge is 2.19. The first-order valence-corrected chi connectivity index (χ1v) is 28.1. The molecule has 0 radical (unpaired) electrons. The number of rotatable bonds is 50. The number of unbranched alkanes of at least 4 members (excludes halogenated alkanes) is 32. The molecule has 0 saturated carbocycles. The normalized spacial score (nSPS) is 12.6. The molecule has 0 aromatic carbocycles. The smallest absolute Gasteiger partial charge is 0.306 e. The predicted octanol–water partition coefficient (Wildman–Crippen LogP) is 18.3. The minimum atomic E-state index is -0.763. The molecule has 63 heavy (non-hydrogen) atoms. The van der Waals surface area contributed by atoms with Crippen molar-refractivity contribution in [2.75, 3.05) is 13.2 Å². The Balaban J connectivity index is 4.29. The van der Waals surface area contributed by atoms with E-state index in [1.165, 1.54) is 193 Å². The second-order valence-corrected chi connectivity index (χ2v) is 20.8. The first-order chi connectivity index (χ1) is 30.6. The topological polar surface area (TPSA) is 78.9 Å². The molecular formula is C57H110O6. The van der Waals surface area contributed by atoms with E-state index in [4.69, 9.17) is 14.2 Å². The van der Waals surface area contributed by atoms with Crippen molar-refractivity contribution in [3.63, 3.8) is 0 Å². The Hall–Kier alpha value is -1.59. The van der Waals surface area contributed by atoms with Gasteiger partial charge in [0.15, 0.2) is 6.10 Å². The fraction of sp³-hybridized carbons (Fsp3) is 0.947. The van der Waals surface area contributed by atoms with Crippen molar-refractivity contribution in [1.82, 2.24) is 0 Å². The van der Waals surface area contributed by atoms with Crippen molar-refractivity contribution in [2.24, 2.45) is 17.8 Å². The summed E-state index contributed by atoms with van der Waals surface area (Å²) in [6.07, 6.45) is 49.4. The summed E-state index contributed by atoms with van der Waals surface area (Å²) in [5.41, 5.74) is 0. The van der Waals surface area contributed by atoms with Crippen molar-refractivity contribution in [3.05, 3.63) is 0 Å². The van der Waals surface area contributed by atoms with Gasteiger partial charge in [0.25, 0.3) is 0 Å². The molecule has 0 bridgehead atoms. The first-order valence-electron chi connectivity index (χ1n) is 28.1. The van der Waals surface area contributed by atoms with Gasteiger partial charge in [0, 0.05) is 19.3 Å². The van der Waals surface area contributed by atoms with E-state index in [1.807, 2.05) is 0 Å². The summed E-state index contributed by atoms with van der Waals surface area (Å²) >= 11 is 0. The van der Waals surface area contributed by atoms with Crippen molar-refractivity contribution in [2.45, 2.75) is 317 Å². The molecule has 0 aromatic rings. The summed E-state index contributed by atoms with van der Waals surface area (Å²) in [7, 11) is 0. The molecule has 0 heterocycles. The molecule has 6 nitrogen and oxygen atoms in total. The Morgan fingerprint density at radius 1 is 0.317 bits per heavy atom. The molecule has 0 saturated heterocycles. The SMILES string of the molecule is CCC(C)CCCCCCCCCCCCC(=O)OC[C@H](COC(=O)CCCCCCCCCCCCCCCCCC(C)C)OC(=O)CCCCCCCCCCCCC(C)C. The monoisotopic (exact) mass is 891 g/mol. The lowest BCUT2D eigenvalue weighted by Gasteiger charge is -2.18. The lowest BCUT2D eigenvalue weighted by molar-refractivity contribution is -0.167. The third kappa shape index (κ3) is 49.7. The van der Waals surface area contributed by atoms with Crippen molar-refractivity contribution in [1.29, 1.82) is 0 Å². The van der Waals surface area contributed by atoms with Gasteiger partial charge in [0.1, 0.15) is 13.2 Å². The quantitative estimate of drug-likeness (QED) is 0.0344. The average Bonchev–Trinajstić information content (AvgIpc) is 3.25. The van der Waals surface area contributed by atoms with E-state index in [1.54, 1.807) is 0 Å². The number of esters is 3. The molecule has 0 rings (SSSR count). The van der Waals surface area contributed by atoms with Gasteiger partial charge in [-0.05, 0) is 37.0 Å². The van der Waals surface area contributed by atoms with E-state index in [-0.39, 0.29) is 31.1 Å². The molecule has 0 amide bonds. The highest BCUT2D eigenvalue weighted by Crippen LogP contribution is 2.18. The maximum Gasteiger partial charge on any atom is 0.306 e. The van der Waals surface area contributed by atoms with Crippen LogP contribution >= 0.6 is 0 Å². The van der Waals surface area contributed by atoms with Crippen LogP contribution in [0.25, 0.3) is 0 Å². The van der Waals surface area contributed by atoms with E-state index in [0.717, 1.165) is 75.5 Å². The van der Waals surface area contributed by atoms with E-state index < -0.39 is 6.10 Å². The summed E-state index contributed by atoms with van der Waals surface area (Å²) in [6.45, 7) is 13.8. The van der Waals surface area contributed by atoms with Crippen LogP contribution in [0.4, 0.5) is 0 Å². The highest BCUT2D eigenvalue weighted by atomic mass is 16.6. The van der Waals surface area contributed by atoms with Crippen LogP contribution in [0.5, 0.6) is 0 Å². The second kappa shape index (κ2) is 48.3. The van der Waals surface area contributed by atoms with Gasteiger partial charge in [0.2, 0.25) is 0 Å². The van der Waals surface area contributed by atoms with E-state index in [0.29, 0.717) is 19.3 Å². The molecule has 2 atom stereocenters. The molecule has 1 unspecified atom stereocenters. The van der Waals surface area contributed by atoms with Crippen LogP contribution in [0.15, 0.2) is 0 Å². The molecule has 374 valence electrons. The molecule has 0 N–H and O–H groups in total. The summed E-state index contributed by atoms with van der Waals surface area (Å²) in [4.78, 5) is 38.1. The van der Waals surface area contributed by atoms with Crippen LogP contribution in [-0.4, -0.2) is 37.2 Å². The zero-order valence-electron chi connectivity index (χ0n) is 43.4. The Kier molecular flexibility index (Phi) is 47.1. The Morgan fingerprint density at radius 2 is 0.556 bits per heavy atom. The van der Waals surface area contributed by atoms with E-state index >= 15 is 0 Å². The Morgan fingerprint density at radius 3 is 0.825 bits per heavy atom. The van der Waals surface area contributed by atoms with Gasteiger partial charge in [-0.25, -0.2) is 0 Å². The maximum atomic E-state index is 12.8. The Bertz CT molecular complexity index is 978. The predicted molar refractivity (Wildman–Crippen MR) is 270 cm³/mol. The zero-order valence-corrected chi connectivity index (χ0v) is 43.4. The molecule has 0 aliphatic heterocycles. The minimum absolute atomic E-state index is 0.0640. The van der Waals surface area contributed by atoms with Crippen molar-refractivity contribution in [3.8, 4) is 0 Å². The number of ether oxygens (including phenoxy) is 3. The lowest BCUT2D eigenvalue weighted by atomic mass is 9.99. The van der Waals surface area contributed by atoms with Gasteiger partial charge >= 0.3 is 17.9 Å². The largest absolute Gasteiger partial charge is 0.462 e. The lowest BCUT2D eigenvalue weighted by Crippen LogP contribution is -2.30. The first kappa shape index (κ1) is 61.4. The van der Waals surface area contributed by atoms with Gasteiger partial charge in [-0.3, -0.25) is 14.4 Å². The fourth-order valence-corrected chi connectivity index (χ4v) is 8.61. The molecule has 6 heteroatoms. The molecule has 0 aliphatic rings. The summed E-state index contributed by atoms with van der Waals surface area (Å²) in [5, 5.41) is 0. The van der Waals surface area contributed by atoms with Crippen molar-refractivity contribution >= 4 is 17.9 Å². The Labute approximate surface area is 393 Å². The number of hydrogen-bond acceptors (Lipinski definition) is 6. The van der Waals surface area contributed by atoms with Gasteiger partial charge in [-0.15, -0.1) is 0 Å². The molecule has 0 fully saturated rings. The molecule has 0 aromatic heterocycles. The van der Waals surface area contributed by atoms with Crippen LogP contribution in [-0.2, 0) is 28.6 Å². The maximum absolute atomic E-state index is 12.8. The zero-order chi connectivity index (χ0) is 46.3. The molecule has 0 aliphatic carbocycles. The van der Waals surface area contributed by atoms with E-state index in [9.17, 15) is 14.4 Å². The van der Waals surface area contributed by atoms with Gasteiger partial charge in [-0.1, -0.05) is 273 Å². The third-order valence-electron chi connectivity index (χ3n) is 13.3. The standard InChI is InChI=1S/C57H110O6/c1-7-53(6)45-39-33-27-21-16-18-23-29-35-41-47-56(59)62-50-54(63-57(60)48-42-36-30-24-17-15-20-26-32-38-44-52(4)5)49-61-55(58)46-40-34-28-22-14-12-10-8-9-11-13-19-25-31-37-43-51(2)3/h51-54H,7-50H2,1-6H3/t53?,54-/m0/s1. The number of carbonyl (C=O) groups excluding carboxylic acids is 3. The van der Waals surface area contributed by atoms with Gasteiger partial charge in [-0.2, -0.15) is 0 Å². The van der Waals surface area contributed by atoms with Crippen LogP contribution in [0.3, 0.4) is 0 Å². The average molecular weight is 892 g/mol. The van der Waals surface area contributed by atoms with E-state index in [2.05, 4.69) is 41.5 Å². The van der Waals surface area contributed by atoms with Crippen molar-refractivity contribution < 1.29 is 28.6 Å². The minimum Gasteiger partial charge on any atom is -0.462 e. The summed E-state index contributed by atoms with van der Waals surface area (Å²) in [5.74, 6) is 1.69.